The van der Waals surface area contributed by atoms with E-state index in [-0.39, 0.29) is 23.0 Å². The van der Waals surface area contributed by atoms with E-state index >= 15 is 0 Å². The molecule has 0 radical (unpaired) electrons. The number of hydrogen-bond donors (Lipinski definition) is 0. The fourth-order valence-corrected chi connectivity index (χ4v) is 5.58. The van der Waals surface area contributed by atoms with E-state index in [4.69, 9.17) is 4.74 Å². The van der Waals surface area contributed by atoms with Gasteiger partial charge >= 0.3 is 0 Å². The Balaban J connectivity index is 1.84. The van der Waals surface area contributed by atoms with Gasteiger partial charge in [-0.15, -0.1) is 4.31 Å². The third kappa shape index (κ3) is 4.41. The maximum absolute atomic E-state index is 14.3. The van der Waals surface area contributed by atoms with Gasteiger partial charge in [0.15, 0.2) is 0 Å². The van der Waals surface area contributed by atoms with Crippen LogP contribution in [-0.2, 0) is 22.7 Å². The van der Waals surface area contributed by atoms with E-state index in [1.165, 1.54) is 6.08 Å². The summed E-state index contributed by atoms with van der Waals surface area (Å²) in [6, 6.07) is 9.99. The Hall–Kier alpha value is -1.30. The summed E-state index contributed by atoms with van der Waals surface area (Å²) < 4.78 is 35.3. The van der Waals surface area contributed by atoms with Crippen molar-refractivity contribution in [1.29, 1.82) is 0 Å². The van der Waals surface area contributed by atoms with Crippen LogP contribution in [0.4, 0.5) is 4.39 Å². The largest absolute Gasteiger partial charge is 0.597 e. The van der Waals surface area contributed by atoms with Crippen LogP contribution in [0.3, 0.4) is 0 Å². The zero-order valence-electron chi connectivity index (χ0n) is 16.7. The Bertz CT molecular complexity index is 713. The van der Waals surface area contributed by atoms with E-state index < -0.39 is 16.8 Å². The number of allylic oxidation sites excluding steroid dienone is 3. The van der Waals surface area contributed by atoms with Gasteiger partial charge in [0.1, 0.15) is 22.9 Å². The summed E-state index contributed by atoms with van der Waals surface area (Å²) in [4.78, 5) is 0. The molecule has 3 nitrogen and oxygen atoms in total. The van der Waals surface area contributed by atoms with Crippen LogP contribution in [0.25, 0.3) is 0 Å². The Morgan fingerprint density at radius 3 is 2.63 bits per heavy atom. The average molecular weight is 392 g/mol. The highest BCUT2D eigenvalue weighted by molar-refractivity contribution is 7.90. The van der Waals surface area contributed by atoms with E-state index in [1.54, 1.807) is 6.08 Å². The van der Waals surface area contributed by atoms with Crippen molar-refractivity contribution in [3.63, 3.8) is 0 Å². The molecule has 3 atom stereocenters. The standard InChI is InChI=1S/C22H30FNO2S/c1-21(2,3)27(25)24-14-8-11-19(24)22(4)15-18(23)12-13-20(22)26-16-17-9-6-5-7-10-17/h5-7,9-10,12-13,19H,8,11,14-16H2,1-4H3/t19-,22?,27?/m1/s1. The molecule has 1 aromatic carbocycles. The zero-order valence-corrected chi connectivity index (χ0v) is 17.5. The predicted octanol–water partition coefficient (Wildman–Crippen LogP) is 5.28. The van der Waals surface area contributed by atoms with Gasteiger partial charge in [-0.25, -0.2) is 4.39 Å². The fourth-order valence-electron chi connectivity index (χ4n) is 4.01. The molecular formula is C22H30FNO2S. The zero-order chi connectivity index (χ0) is 19.7. The first-order chi connectivity index (χ1) is 12.7. The quantitative estimate of drug-likeness (QED) is 0.641. The summed E-state index contributed by atoms with van der Waals surface area (Å²) in [5.74, 6) is 0.647. The molecule has 2 aliphatic rings. The van der Waals surface area contributed by atoms with Crippen LogP contribution in [0.15, 0.2) is 54.1 Å². The number of halogens is 1. The molecule has 3 rings (SSSR count). The number of ether oxygens (including phenoxy) is 1. The molecule has 0 aromatic heterocycles. The molecule has 0 bridgehead atoms. The third-order valence-corrected chi connectivity index (χ3v) is 7.34. The Morgan fingerprint density at radius 1 is 1.26 bits per heavy atom. The highest BCUT2D eigenvalue weighted by Gasteiger charge is 2.52. The summed E-state index contributed by atoms with van der Waals surface area (Å²) >= 11 is -1.13. The molecule has 0 amide bonds. The van der Waals surface area contributed by atoms with Gasteiger partial charge in [-0.05, 0) is 51.3 Å². The Morgan fingerprint density at radius 2 is 1.96 bits per heavy atom. The summed E-state index contributed by atoms with van der Waals surface area (Å²) in [6.45, 7) is 9.26. The topological polar surface area (TPSA) is 35.5 Å². The maximum Gasteiger partial charge on any atom is 0.137 e. The number of hydrogen-bond acceptors (Lipinski definition) is 3. The van der Waals surface area contributed by atoms with Gasteiger partial charge in [0.2, 0.25) is 0 Å². The first-order valence-corrected chi connectivity index (χ1v) is 10.7. The fraction of sp³-hybridized carbons (Fsp3) is 0.545. The summed E-state index contributed by atoms with van der Waals surface area (Å²) in [7, 11) is 0. The second kappa shape index (κ2) is 7.98. The van der Waals surface area contributed by atoms with E-state index in [0.29, 0.717) is 6.61 Å². The lowest BCUT2D eigenvalue weighted by molar-refractivity contribution is 0.0755. The summed E-state index contributed by atoms with van der Waals surface area (Å²) in [6.07, 6.45) is 5.42. The summed E-state index contributed by atoms with van der Waals surface area (Å²) in [5, 5.41) is 0. The molecular weight excluding hydrogens is 361 g/mol. The predicted molar refractivity (Wildman–Crippen MR) is 109 cm³/mol. The van der Waals surface area contributed by atoms with Crippen molar-refractivity contribution in [3.05, 3.63) is 59.6 Å². The van der Waals surface area contributed by atoms with Gasteiger partial charge in [-0.1, -0.05) is 37.3 Å². The van der Waals surface area contributed by atoms with Crippen molar-refractivity contribution in [2.75, 3.05) is 6.54 Å². The first-order valence-electron chi connectivity index (χ1n) is 9.64. The van der Waals surface area contributed by atoms with E-state index in [2.05, 4.69) is 11.2 Å². The molecule has 1 fully saturated rings. The average Bonchev–Trinajstić information content (AvgIpc) is 3.10. The van der Waals surface area contributed by atoms with Gasteiger partial charge in [0.25, 0.3) is 0 Å². The van der Waals surface area contributed by atoms with Crippen LogP contribution in [0.1, 0.15) is 52.5 Å². The molecule has 148 valence electrons. The van der Waals surface area contributed by atoms with Crippen molar-refractivity contribution in [1.82, 2.24) is 4.31 Å². The summed E-state index contributed by atoms with van der Waals surface area (Å²) in [5.41, 5.74) is 0.558. The van der Waals surface area contributed by atoms with Crippen LogP contribution in [-0.4, -0.2) is 26.2 Å². The molecule has 27 heavy (non-hydrogen) atoms. The number of nitrogens with zero attached hydrogens (tertiary/aromatic N) is 1. The Labute approximate surface area is 165 Å². The smallest absolute Gasteiger partial charge is 0.137 e. The molecule has 0 N–H and O–H groups in total. The molecule has 5 heteroatoms. The SMILES string of the molecule is CC1([C@H]2CCCN2[S+]([O-])C(C)(C)C)CC(F)=CC=C1OCc1ccccc1. The molecule has 1 heterocycles. The minimum Gasteiger partial charge on any atom is -0.597 e. The molecule has 0 spiro atoms. The minimum absolute atomic E-state index is 0.000897. The van der Waals surface area contributed by atoms with Crippen molar-refractivity contribution in [2.24, 2.45) is 5.41 Å². The lowest BCUT2D eigenvalue weighted by Crippen LogP contribution is -2.52. The van der Waals surface area contributed by atoms with Gasteiger partial charge in [-0.2, -0.15) is 0 Å². The van der Waals surface area contributed by atoms with Crippen molar-refractivity contribution < 1.29 is 13.7 Å². The molecule has 2 unspecified atom stereocenters. The number of rotatable bonds is 5. The van der Waals surface area contributed by atoms with Gasteiger partial charge in [0.05, 0.1) is 11.5 Å². The van der Waals surface area contributed by atoms with Crippen LogP contribution >= 0.6 is 0 Å². The lowest BCUT2D eigenvalue weighted by atomic mass is 9.74. The van der Waals surface area contributed by atoms with E-state index in [1.807, 2.05) is 51.1 Å². The highest BCUT2D eigenvalue weighted by atomic mass is 32.2. The lowest BCUT2D eigenvalue weighted by Gasteiger charge is -2.43. The second-order valence-corrected chi connectivity index (χ2v) is 10.9. The third-order valence-electron chi connectivity index (χ3n) is 5.43. The minimum atomic E-state index is -1.13. The van der Waals surface area contributed by atoms with E-state index in [0.717, 1.165) is 30.7 Å². The molecule has 1 aliphatic carbocycles. The van der Waals surface area contributed by atoms with Crippen LogP contribution < -0.4 is 0 Å². The normalized spacial score (nSPS) is 27.9. The van der Waals surface area contributed by atoms with E-state index in [9.17, 15) is 8.94 Å². The van der Waals surface area contributed by atoms with Crippen molar-refractivity contribution in [2.45, 2.75) is 64.4 Å². The Kier molecular flexibility index (Phi) is 6.04. The van der Waals surface area contributed by atoms with Crippen LogP contribution in [0, 0.1) is 5.41 Å². The monoisotopic (exact) mass is 391 g/mol. The molecule has 1 saturated heterocycles. The highest BCUT2D eigenvalue weighted by Crippen LogP contribution is 2.48. The van der Waals surface area contributed by atoms with Crippen molar-refractivity contribution in [3.8, 4) is 0 Å². The van der Waals surface area contributed by atoms with Crippen LogP contribution in [0.2, 0.25) is 0 Å². The molecule has 0 saturated carbocycles. The molecule has 1 aromatic rings. The van der Waals surface area contributed by atoms with Gasteiger partial charge in [0, 0.05) is 24.3 Å². The second-order valence-electron chi connectivity index (χ2n) is 8.67. The maximum atomic E-state index is 14.3. The molecule has 1 aliphatic heterocycles. The van der Waals surface area contributed by atoms with Gasteiger partial charge < -0.3 is 9.29 Å². The van der Waals surface area contributed by atoms with Gasteiger partial charge in [-0.3, -0.25) is 0 Å². The first kappa shape index (κ1) is 20.4. The van der Waals surface area contributed by atoms with Crippen LogP contribution in [0.5, 0.6) is 0 Å². The van der Waals surface area contributed by atoms with Crippen molar-refractivity contribution >= 4 is 11.4 Å². The number of benzene rings is 1.